The number of aliphatic hydroxyl groups excluding tert-OH is 1. The highest BCUT2D eigenvalue weighted by Crippen LogP contribution is 2.38. The van der Waals surface area contributed by atoms with Gasteiger partial charge in [0.2, 0.25) is 0 Å². The molecule has 4 heteroatoms. The molecular weight excluding hydrogens is 302 g/mol. The van der Waals surface area contributed by atoms with Gasteiger partial charge in [0, 0.05) is 23.2 Å². The predicted molar refractivity (Wildman–Crippen MR) is 95.7 cm³/mol. The molecule has 1 heterocycles. The van der Waals surface area contributed by atoms with E-state index in [4.69, 9.17) is 4.74 Å². The summed E-state index contributed by atoms with van der Waals surface area (Å²) in [5.74, 6) is 0.0541. The molecule has 1 aromatic heterocycles. The first-order chi connectivity index (χ1) is 11.7. The van der Waals surface area contributed by atoms with Crippen molar-refractivity contribution in [2.75, 3.05) is 13.2 Å². The molecule has 4 nitrogen and oxygen atoms in total. The minimum absolute atomic E-state index is 0.116. The van der Waals surface area contributed by atoms with Crippen LogP contribution < -0.4 is 0 Å². The molecule has 0 amide bonds. The van der Waals surface area contributed by atoms with E-state index in [2.05, 4.69) is 23.2 Å². The number of allylic oxidation sites excluding steroid dienone is 2. The second kappa shape index (κ2) is 7.67. The Kier molecular flexibility index (Phi) is 5.36. The number of carbonyl (C=O) groups is 1. The fourth-order valence-corrected chi connectivity index (χ4v) is 3.70. The fourth-order valence-electron chi connectivity index (χ4n) is 3.70. The molecule has 1 unspecified atom stereocenters. The molecule has 1 aliphatic carbocycles. The molecular formula is C20H25NO3. The van der Waals surface area contributed by atoms with Gasteiger partial charge in [-0.2, -0.15) is 0 Å². The van der Waals surface area contributed by atoms with Crippen LogP contribution in [0.25, 0.3) is 16.5 Å². The van der Waals surface area contributed by atoms with E-state index in [1.54, 1.807) is 0 Å². The lowest BCUT2D eigenvalue weighted by atomic mass is 9.82. The van der Waals surface area contributed by atoms with E-state index in [0.29, 0.717) is 19.4 Å². The van der Waals surface area contributed by atoms with Gasteiger partial charge in [0.05, 0.1) is 13.0 Å². The van der Waals surface area contributed by atoms with Crippen molar-refractivity contribution in [3.8, 4) is 0 Å². The molecule has 0 aliphatic heterocycles. The number of aromatic amines is 1. The second-order valence-corrected chi connectivity index (χ2v) is 6.29. The summed E-state index contributed by atoms with van der Waals surface area (Å²) in [5, 5.41) is 10.6. The van der Waals surface area contributed by atoms with Crippen LogP contribution in [0.4, 0.5) is 0 Å². The van der Waals surface area contributed by atoms with Gasteiger partial charge in [-0.3, -0.25) is 4.79 Å². The van der Waals surface area contributed by atoms with Gasteiger partial charge in [-0.25, -0.2) is 0 Å². The highest BCUT2D eigenvalue weighted by Gasteiger charge is 2.26. The highest BCUT2D eigenvalue weighted by molar-refractivity contribution is 5.90. The zero-order valence-electron chi connectivity index (χ0n) is 14.2. The van der Waals surface area contributed by atoms with E-state index in [-0.39, 0.29) is 18.5 Å². The van der Waals surface area contributed by atoms with E-state index >= 15 is 0 Å². The van der Waals surface area contributed by atoms with Gasteiger partial charge in [-0.05, 0) is 55.7 Å². The number of rotatable bonds is 6. The molecule has 128 valence electrons. The van der Waals surface area contributed by atoms with Crippen molar-refractivity contribution in [3.05, 3.63) is 41.6 Å². The van der Waals surface area contributed by atoms with Crippen LogP contribution in [0.3, 0.4) is 0 Å². The summed E-state index contributed by atoms with van der Waals surface area (Å²) in [6.07, 6.45) is 6.42. The number of nitrogens with one attached hydrogen (secondary N) is 1. The maximum absolute atomic E-state index is 12.0. The Hall–Kier alpha value is -2.07. The van der Waals surface area contributed by atoms with E-state index in [1.807, 2.05) is 19.1 Å². The fraction of sp³-hybridized carbons (Fsp3) is 0.450. The Morgan fingerprint density at radius 1 is 1.38 bits per heavy atom. The summed E-state index contributed by atoms with van der Waals surface area (Å²) in [4.78, 5) is 15.5. The number of aromatic nitrogens is 1. The van der Waals surface area contributed by atoms with E-state index in [1.165, 1.54) is 5.57 Å². The third-order valence-electron chi connectivity index (χ3n) is 4.74. The second-order valence-electron chi connectivity index (χ2n) is 6.29. The summed E-state index contributed by atoms with van der Waals surface area (Å²) < 4.78 is 5.15. The van der Waals surface area contributed by atoms with E-state index in [0.717, 1.165) is 41.4 Å². The van der Waals surface area contributed by atoms with Crippen LogP contribution in [0.1, 0.15) is 43.9 Å². The van der Waals surface area contributed by atoms with Gasteiger partial charge in [0.15, 0.2) is 0 Å². The third kappa shape index (κ3) is 3.39. The maximum atomic E-state index is 12.0. The summed E-state index contributed by atoms with van der Waals surface area (Å²) in [5.41, 5.74) is 4.51. The number of hydrogen-bond donors (Lipinski definition) is 2. The SMILES string of the molecule is CCOC(=O)CC1CCCC=C1c1[nH]c2ccccc2c1CCO. The van der Waals surface area contributed by atoms with Crippen LogP contribution >= 0.6 is 0 Å². The van der Waals surface area contributed by atoms with Gasteiger partial charge in [0.25, 0.3) is 0 Å². The zero-order valence-corrected chi connectivity index (χ0v) is 14.2. The van der Waals surface area contributed by atoms with Crippen molar-refractivity contribution in [1.82, 2.24) is 4.98 Å². The van der Waals surface area contributed by atoms with Gasteiger partial charge in [-0.15, -0.1) is 0 Å². The molecule has 0 fully saturated rings. The molecule has 0 saturated carbocycles. The number of aliphatic hydroxyl groups is 1. The topological polar surface area (TPSA) is 62.3 Å². The van der Waals surface area contributed by atoms with Gasteiger partial charge >= 0.3 is 5.97 Å². The number of para-hydroxylation sites is 1. The molecule has 1 aromatic carbocycles. The lowest BCUT2D eigenvalue weighted by molar-refractivity contribution is -0.143. The number of carbonyl (C=O) groups excluding carboxylic acids is 1. The Morgan fingerprint density at radius 2 is 2.21 bits per heavy atom. The Labute approximate surface area is 142 Å². The molecule has 2 N–H and O–H groups in total. The average Bonchev–Trinajstić information content (AvgIpc) is 2.95. The lowest BCUT2D eigenvalue weighted by Crippen LogP contribution is -2.16. The van der Waals surface area contributed by atoms with Crippen molar-refractivity contribution in [2.24, 2.45) is 5.92 Å². The molecule has 0 spiro atoms. The summed E-state index contributed by atoms with van der Waals surface area (Å²) in [7, 11) is 0. The van der Waals surface area contributed by atoms with Crippen molar-refractivity contribution < 1.29 is 14.6 Å². The standard InChI is InChI=1S/C20H25NO3/c1-2-24-19(23)13-14-7-3-4-8-15(14)20-17(11-12-22)16-9-5-6-10-18(16)21-20/h5-6,8-10,14,21-22H,2-4,7,11-13H2,1H3. The smallest absolute Gasteiger partial charge is 0.306 e. The van der Waals surface area contributed by atoms with Gasteiger partial charge < -0.3 is 14.8 Å². The molecule has 0 saturated heterocycles. The first kappa shape index (κ1) is 16.8. The largest absolute Gasteiger partial charge is 0.466 e. The van der Waals surface area contributed by atoms with Gasteiger partial charge in [0.1, 0.15) is 0 Å². The summed E-state index contributed by atoms with van der Waals surface area (Å²) in [6, 6.07) is 8.18. The minimum atomic E-state index is -0.130. The molecule has 3 rings (SSSR count). The Balaban J connectivity index is 1.98. The van der Waals surface area contributed by atoms with Crippen LogP contribution in [0.2, 0.25) is 0 Å². The molecule has 0 bridgehead atoms. The molecule has 2 aromatic rings. The maximum Gasteiger partial charge on any atom is 0.306 e. The number of fused-ring (bicyclic) bond motifs is 1. The minimum Gasteiger partial charge on any atom is -0.466 e. The Bertz CT molecular complexity index is 744. The number of hydrogen-bond acceptors (Lipinski definition) is 3. The van der Waals surface area contributed by atoms with Crippen LogP contribution in [-0.2, 0) is 16.0 Å². The van der Waals surface area contributed by atoms with Crippen molar-refractivity contribution >= 4 is 22.4 Å². The lowest BCUT2D eigenvalue weighted by Gasteiger charge is -2.24. The molecule has 1 aliphatic rings. The average molecular weight is 327 g/mol. The van der Waals surface area contributed by atoms with Crippen LogP contribution in [-0.4, -0.2) is 29.3 Å². The molecule has 24 heavy (non-hydrogen) atoms. The monoisotopic (exact) mass is 327 g/mol. The first-order valence-electron chi connectivity index (χ1n) is 8.81. The van der Waals surface area contributed by atoms with Crippen molar-refractivity contribution in [3.63, 3.8) is 0 Å². The Morgan fingerprint density at radius 3 is 3.00 bits per heavy atom. The van der Waals surface area contributed by atoms with Crippen molar-refractivity contribution in [2.45, 2.75) is 39.0 Å². The quantitative estimate of drug-likeness (QED) is 0.792. The predicted octanol–water partition coefficient (Wildman–Crippen LogP) is 3.84. The summed E-state index contributed by atoms with van der Waals surface area (Å²) in [6.45, 7) is 2.38. The van der Waals surface area contributed by atoms with E-state index < -0.39 is 0 Å². The van der Waals surface area contributed by atoms with Crippen LogP contribution in [0.5, 0.6) is 0 Å². The third-order valence-corrected chi connectivity index (χ3v) is 4.74. The number of benzene rings is 1. The summed E-state index contributed by atoms with van der Waals surface area (Å²) >= 11 is 0. The van der Waals surface area contributed by atoms with E-state index in [9.17, 15) is 9.90 Å². The number of esters is 1. The number of H-pyrrole nitrogens is 1. The number of ether oxygens (including phenoxy) is 1. The van der Waals surface area contributed by atoms with Crippen molar-refractivity contribution in [1.29, 1.82) is 0 Å². The molecule has 1 atom stereocenters. The normalized spacial score (nSPS) is 17.8. The first-order valence-corrected chi connectivity index (χ1v) is 8.81. The zero-order chi connectivity index (χ0) is 16.9. The van der Waals surface area contributed by atoms with Crippen LogP contribution in [0.15, 0.2) is 30.3 Å². The van der Waals surface area contributed by atoms with Gasteiger partial charge in [-0.1, -0.05) is 24.3 Å². The van der Waals surface area contributed by atoms with Crippen LogP contribution in [0, 0.1) is 5.92 Å². The highest BCUT2D eigenvalue weighted by atomic mass is 16.5. The molecule has 0 radical (unpaired) electrons.